The number of aromatic nitrogens is 1. The van der Waals surface area contributed by atoms with Gasteiger partial charge in [-0.1, -0.05) is 6.07 Å². The maximum absolute atomic E-state index is 13.4. The fraction of sp³-hybridized carbons (Fsp3) is 0.154. The molecule has 2 aromatic carbocycles. The van der Waals surface area contributed by atoms with Crippen molar-refractivity contribution in [3.8, 4) is 17.1 Å². The molecule has 2 atom stereocenters. The van der Waals surface area contributed by atoms with Crippen LogP contribution in [0.2, 0.25) is 0 Å². The Balaban J connectivity index is 1.55. The molecule has 1 saturated heterocycles. The minimum Gasteiger partial charge on any atom is -0.494 e. The van der Waals surface area contributed by atoms with Gasteiger partial charge in [0.15, 0.2) is 5.11 Å². The molecule has 3 heterocycles. The number of thiocarbonyl (C=S) groups is 1. The lowest BCUT2D eigenvalue weighted by Crippen LogP contribution is -2.29. The number of hydrogen-bond donors (Lipinski definition) is 1. The van der Waals surface area contributed by atoms with Gasteiger partial charge in [-0.3, -0.25) is 4.98 Å². The van der Waals surface area contributed by atoms with Crippen molar-refractivity contribution in [2.45, 2.75) is 19.0 Å². The molecule has 0 bridgehead atoms. The van der Waals surface area contributed by atoms with Crippen LogP contribution in [0.15, 0.2) is 89.5 Å². The summed E-state index contributed by atoms with van der Waals surface area (Å²) in [6.07, 6.45) is 1.77. The number of nitrogens with one attached hydrogen (secondary N) is 1. The predicted octanol–water partition coefficient (Wildman–Crippen LogP) is 6.06. The molecule has 166 valence electrons. The van der Waals surface area contributed by atoms with E-state index in [1.807, 2.05) is 66.4 Å². The summed E-state index contributed by atoms with van der Waals surface area (Å²) in [6.45, 7) is 2.56. The fourth-order valence-electron chi connectivity index (χ4n) is 4.07. The van der Waals surface area contributed by atoms with E-state index < -0.39 is 0 Å². The van der Waals surface area contributed by atoms with Crippen LogP contribution in [-0.4, -0.2) is 16.7 Å². The van der Waals surface area contributed by atoms with Crippen molar-refractivity contribution in [1.82, 2.24) is 10.3 Å². The Bertz CT molecular complexity index is 1240. The summed E-state index contributed by atoms with van der Waals surface area (Å²) in [4.78, 5) is 6.60. The molecule has 0 aliphatic carbocycles. The molecular formula is C26H22FN3O2S. The first-order valence-electron chi connectivity index (χ1n) is 10.7. The van der Waals surface area contributed by atoms with Crippen LogP contribution in [0.4, 0.5) is 10.1 Å². The average molecular weight is 460 g/mol. The maximum atomic E-state index is 13.4. The topological polar surface area (TPSA) is 50.5 Å². The maximum Gasteiger partial charge on any atom is 0.174 e. The summed E-state index contributed by atoms with van der Waals surface area (Å²) in [5, 5.41) is 4.00. The van der Waals surface area contributed by atoms with Gasteiger partial charge in [-0.25, -0.2) is 4.39 Å². The molecule has 33 heavy (non-hydrogen) atoms. The van der Waals surface area contributed by atoms with E-state index in [1.165, 1.54) is 12.1 Å². The van der Waals surface area contributed by atoms with Gasteiger partial charge in [0.25, 0.3) is 0 Å². The van der Waals surface area contributed by atoms with Crippen molar-refractivity contribution in [2.75, 3.05) is 11.5 Å². The van der Waals surface area contributed by atoms with Gasteiger partial charge < -0.3 is 19.4 Å². The second-order valence-corrected chi connectivity index (χ2v) is 8.02. The van der Waals surface area contributed by atoms with E-state index in [4.69, 9.17) is 21.4 Å². The number of pyridine rings is 1. The number of ether oxygens (including phenoxy) is 1. The van der Waals surface area contributed by atoms with Crippen molar-refractivity contribution < 1.29 is 13.5 Å². The number of rotatable bonds is 6. The zero-order chi connectivity index (χ0) is 22.8. The van der Waals surface area contributed by atoms with Gasteiger partial charge in [-0.05, 0) is 91.9 Å². The lowest BCUT2D eigenvalue weighted by molar-refractivity contribution is 0.340. The van der Waals surface area contributed by atoms with E-state index in [1.54, 1.807) is 18.3 Å². The first-order chi connectivity index (χ1) is 16.1. The number of anilines is 1. The van der Waals surface area contributed by atoms with Crippen LogP contribution in [0.3, 0.4) is 0 Å². The molecular weight excluding hydrogens is 437 g/mol. The lowest BCUT2D eigenvalue weighted by Gasteiger charge is -2.26. The summed E-state index contributed by atoms with van der Waals surface area (Å²) in [5.41, 5.74) is 2.58. The van der Waals surface area contributed by atoms with Crippen LogP contribution in [0.25, 0.3) is 11.3 Å². The molecule has 7 heteroatoms. The molecule has 5 nitrogen and oxygen atoms in total. The standard InChI is InChI=1S/C26H22FN3O2S/c1-2-31-20-12-10-19(11-13-20)30-25(24(29-26(30)33)21-5-3-4-16-28-21)23-15-14-22(32-23)17-6-8-18(27)9-7-17/h3-16,24-25H,2H2,1H3,(H,29,33). The molecule has 0 saturated carbocycles. The van der Waals surface area contributed by atoms with Crippen LogP contribution in [0, 0.1) is 5.82 Å². The van der Waals surface area contributed by atoms with Crippen molar-refractivity contribution in [1.29, 1.82) is 0 Å². The Kier molecular flexibility index (Phi) is 5.79. The molecule has 0 radical (unpaired) electrons. The minimum atomic E-state index is -0.284. The fourth-order valence-corrected chi connectivity index (χ4v) is 4.42. The summed E-state index contributed by atoms with van der Waals surface area (Å²) in [6, 6.07) is 23.3. The molecule has 0 amide bonds. The van der Waals surface area contributed by atoms with Gasteiger partial charge in [0.05, 0.1) is 18.3 Å². The summed E-state index contributed by atoms with van der Waals surface area (Å²) in [5.74, 6) is 1.90. The normalized spacial score (nSPS) is 17.8. The minimum absolute atomic E-state index is 0.211. The Morgan fingerprint density at radius 2 is 1.82 bits per heavy atom. The third-order valence-corrected chi connectivity index (χ3v) is 5.89. The summed E-state index contributed by atoms with van der Waals surface area (Å²) >= 11 is 5.75. The molecule has 0 spiro atoms. The van der Waals surface area contributed by atoms with Crippen molar-refractivity contribution in [2.24, 2.45) is 0 Å². The first-order valence-corrected chi connectivity index (χ1v) is 11.1. The van der Waals surface area contributed by atoms with Crippen molar-refractivity contribution in [3.63, 3.8) is 0 Å². The van der Waals surface area contributed by atoms with Crippen LogP contribution >= 0.6 is 12.2 Å². The van der Waals surface area contributed by atoms with Gasteiger partial charge in [-0.2, -0.15) is 0 Å². The molecule has 1 aliphatic rings. The zero-order valence-electron chi connectivity index (χ0n) is 17.9. The Morgan fingerprint density at radius 3 is 2.52 bits per heavy atom. The molecule has 1 fully saturated rings. The highest BCUT2D eigenvalue weighted by atomic mass is 32.1. The number of hydrogen-bond acceptors (Lipinski definition) is 4. The Morgan fingerprint density at radius 1 is 1.03 bits per heavy atom. The zero-order valence-corrected chi connectivity index (χ0v) is 18.8. The lowest BCUT2D eigenvalue weighted by atomic mass is 10.0. The first kappa shape index (κ1) is 21.2. The SMILES string of the molecule is CCOc1ccc(N2C(=S)NC(c3ccccn3)C2c2ccc(-c3ccc(F)cc3)o2)cc1. The van der Waals surface area contributed by atoms with Crippen molar-refractivity contribution >= 4 is 23.0 Å². The predicted molar refractivity (Wildman–Crippen MR) is 130 cm³/mol. The second-order valence-electron chi connectivity index (χ2n) is 7.63. The monoisotopic (exact) mass is 459 g/mol. The van der Waals surface area contributed by atoms with E-state index in [-0.39, 0.29) is 17.9 Å². The number of nitrogens with zero attached hydrogens (tertiary/aromatic N) is 2. The number of benzene rings is 2. The highest BCUT2D eigenvalue weighted by Gasteiger charge is 2.42. The van der Waals surface area contributed by atoms with E-state index in [9.17, 15) is 4.39 Å². The largest absolute Gasteiger partial charge is 0.494 e. The van der Waals surface area contributed by atoms with E-state index in [0.717, 1.165) is 28.5 Å². The van der Waals surface area contributed by atoms with E-state index >= 15 is 0 Å². The molecule has 2 unspecified atom stereocenters. The van der Waals surface area contributed by atoms with Gasteiger partial charge >= 0.3 is 0 Å². The summed E-state index contributed by atoms with van der Waals surface area (Å²) < 4.78 is 25.3. The van der Waals surface area contributed by atoms with E-state index in [2.05, 4.69) is 10.3 Å². The van der Waals surface area contributed by atoms with Gasteiger partial charge in [-0.15, -0.1) is 0 Å². The number of halogens is 1. The Hall–Kier alpha value is -3.71. The molecule has 4 aromatic rings. The van der Waals surface area contributed by atoms with E-state index in [0.29, 0.717) is 17.5 Å². The quantitative estimate of drug-likeness (QED) is 0.354. The third kappa shape index (κ3) is 4.19. The highest BCUT2D eigenvalue weighted by molar-refractivity contribution is 7.80. The third-order valence-electron chi connectivity index (χ3n) is 5.57. The highest BCUT2D eigenvalue weighted by Crippen LogP contribution is 2.43. The number of furan rings is 1. The van der Waals surface area contributed by atoms with Crippen molar-refractivity contribution in [3.05, 3.63) is 102 Å². The molecule has 5 rings (SSSR count). The van der Waals surface area contributed by atoms with Gasteiger partial charge in [0, 0.05) is 17.4 Å². The van der Waals surface area contributed by atoms with Crippen LogP contribution in [0.1, 0.15) is 30.5 Å². The van der Waals surface area contributed by atoms with Crippen LogP contribution < -0.4 is 15.0 Å². The molecule has 2 aromatic heterocycles. The van der Waals surface area contributed by atoms with Gasteiger partial charge in [0.1, 0.15) is 29.1 Å². The second kappa shape index (κ2) is 9.03. The van der Waals surface area contributed by atoms with Gasteiger partial charge in [0.2, 0.25) is 0 Å². The molecule has 1 N–H and O–H groups in total. The smallest absolute Gasteiger partial charge is 0.174 e. The average Bonchev–Trinajstić information content (AvgIpc) is 3.46. The summed E-state index contributed by atoms with van der Waals surface area (Å²) in [7, 11) is 0. The van der Waals surface area contributed by atoms with Crippen LogP contribution in [0.5, 0.6) is 5.75 Å². The van der Waals surface area contributed by atoms with Crippen LogP contribution in [-0.2, 0) is 0 Å². The molecule has 1 aliphatic heterocycles. The Labute approximate surface area is 196 Å².